The second kappa shape index (κ2) is 8.17. The highest BCUT2D eigenvalue weighted by molar-refractivity contribution is 5.89. The molecule has 5 heteroatoms. The minimum atomic E-state index is -0.619. The van der Waals surface area contributed by atoms with Crippen LogP contribution in [0.15, 0.2) is 42.5 Å². The van der Waals surface area contributed by atoms with Gasteiger partial charge in [-0.1, -0.05) is 18.2 Å². The molecule has 0 aliphatic carbocycles. The molecule has 1 aromatic heterocycles. The fourth-order valence-electron chi connectivity index (χ4n) is 3.07. The Bertz CT molecular complexity index is 989. The summed E-state index contributed by atoms with van der Waals surface area (Å²) >= 11 is 0. The van der Waals surface area contributed by atoms with Crippen molar-refractivity contribution in [3.63, 3.8) is 0 Å². The van der Waals surface area contributed by atoms with E-state index in [4.69, 9.17) is 9.47 Å². The monoisotopic (exact) mass is 362 g/mol. The van der Waals surface area contributed by atoms with Gasteiger partial charge >= 0.3 is 0 Å². The number of pyridine rings is 1. The lowest BCUT2D eigenvalue weighted by Gasteiger charge is -2.13. The van der Waals surface area contributed by atoms with Gasteiger partial charge in [0.1, 0.15) is 24.1 Å². The quantitative estimate of drug-likeness (QED) is 0.666. The standard InChI is InChI=1S/C22H22N2O3/c1-14-10-18(15(2)25)20-12-19(22(13-23)24-21(20)11-14)16-4-6-17(7-5-16)27-9-8-26-3/h4-7,10-12,15,25H,8-9H2,1-3H3. The first-order valence-electron chi connectivity index (χ1n) is 8.79. The van der Waals surface area contributed by atoms with Gasteiger partial charge in [0, 0.05) is 18.1 Å². The summed E-state index contributed by atoms with van der Waals surface area (Å²) in [6.07, 6.45) is -0.619. The van der Waals surface area contributed by atoms with E-state index in [0.717, 1.165) is 33.4 Å². The van der Waals surface area contributed by atoms with Gasteiger partial charge in [-0.05, 0) is 54.8 Å². The first kappa shape index (κ1) is 18.8. The third kappa shape index (κ3) is 4.08. The van der Waals surface area contributed by atoms with Gasteiger partial charge in [-0.15, -0.1) is 0 Å². The highest BCUT2D eigenvalue weighted by Crippen LogP contribution is 2.32. The first-order chi connectivity index (χ1) is 13.0. The van der Waals surface area contributed by atoms with Crippen LogP contribution in [-0.2, 0) is 4.74 Å². The maximum Gasteiger partial charge on any atom is 0.149 e. The molecule has 0 amide bonds. The van der Waals surface area contributed by atoms with Crippen molar-refractivity contribution in [1.82, 2.24) is 4.98 Å². The molecule has 138 valence electrons. The smallest absolute Gasteiger partial charge is 0.149 e. The van der Waals surface area contributed by atoms with Gasteiger partial charge in [0.05, 0.1) is 18.2 Å². The van der Waals surface area contributed by atoms with E-state index in [-0.39, 0.29) is 0 Å². The number of ether oxygens (including phenoxy) is 2. The molecule has 1 unspecified atom stereocenters. The molecular formula is C22H22N2O3. The molecule has 0 fully saturated rings. The molecule has 27 heavy (non-hydrogen) atoms. The van der Waals surface area contributed by atoms with Crippen molar-refractivity contribution in [2.45, 2.75) is 20.0 Å². The van der Waals surface area contributed by atoms with E-state index < -0.39 is 6.10 Å². The number of rotatable bonds is 6. The molecule has 2 aromatic carbocycles. The molecule has 0 saturated heterocycles. The van der Waals surface area contributed by atoms with Crippen LogP contribution in [0.4, 0.5) is 0 Å². The normalized spacial score (nSPS) is 12.0. The number of hydrogen-bond acceptors (Lipinski definition) is 5. The highest BCUT2D eigenvalue weighted by Gasteiger charge is 2.14. The Labute approximate surface area is 158 Å². The van der Waals surface area contributed by atoms with Crippen LogP contribution in [0.1, 0.15) is 29.8 Å². The third-order valence-electron chi connectivity index (χ3n) is 4.39. The zero-order valence-electron chi connectivity index (χ0n) is 15.7. The largest absolute Gasteiger partial charge is 0.491 e. The molecule has 1 heterocycles. The number of methoxy groups -OCH3 is 1. The summed E-state index contributed by atoms with van der Waals surface area (Å²) in [6, 6.07) is 15.5. The molecule has 1 atom stereocenters. The minimum absolute atomic E-state index is 0.359. The SMILES string of the molecule is COCCOc1ccc(-c2cc3c(C(C)O)cc(C)cc3nc2C#N)cc1. The zero-order chi connectivity index (χ0) is 19.4. The summed E-state index contributed by atoms with van der Waals surface area (Å²) in [4.78, 5) is 4.54. The first-order valence-corrected chi connectivity index (χ1v) is 8.79. The van der Waals surface area contributed by atoms with Crippen LogP contribution in [0.2, 0.25) is 0 Å². The average Bonchev–Trinajstić information content (AvgIpc) is 2.67. The van der Waals surface area contributed by atoms with Crippen molar-refractivity contribution in [1.29, 1.82) is 5.26 Å². The molecule has 0 radical (unpaired) electrons. The van der Waals surface area contributed by atoms with Gasteiger partial charge < -0.3 is 14.6 Å². The molecule has 0 aliphatic heterocycles. The molecule has 3 rings (SSSR count). The Morgan fingerprint density at radius 1 is 1.15 bits per heavy atom. The number of aliphatic hydroxyl groups excluding tert-OH is 1. The number of benzene rings is 2. The Morgan fingerprint density at radius 2 is 1.89 bits per heavy atom. The summed E-state index contributed by atoms with van der Waals surface area (Å²) in [6.45, 7) is 4.69. The Morgan fingerprint density at radius 3 is 2.52 bits per heavy atom. The lowest BCUT2D eigenvalue weighted by Crippen LogP contribution is -2.04. The summed E-state index contributed by atoms with van der Waals surface area (Å²) in [5.74, 6) is 0.739. The number of aliphatic hydroxyl groups is 1. The van der Waals surface area contributed by atoms with Crippen molar-refractivity contribution < 1.29 is 14.6 Å². The van der Waals surface area contributed by atoms with Crippen molar-refractivity contribution in [3.05, 3.63) is 59.3 Å². The Balaban J connectivity index is 2.07. The molecular weight excluding hydrogens is 340 g/mol. The molecule has 0 aliphatic rings. The third-order valence-corrected chi connectivity index (χ3v) is 4.39. The van der Waals surface area contributed by atoms with Crippen LogP contribution in [0.5, 0.6) is 5.75 Å². The lowest BCUT2D eigenvalue weighted by molar-refractivity contribution is 0.146. The highest BCUT2D eigenvalue weighted by atomic mass is 16.5. The second-order valence-electron chi connectivity index (χ2n) is 6.46. The Hall–Kier alpha value is -2.94. The fraction of sp³-hybridized carbons (Fsp3) is 0.273. The number of fused-ring (bicyclic) bond motifs is 1. The van der Waals surface area contributed by atoms with E-state index in [1.165, 1.54) is 0 Å². The number of aromatic nitrogens is 1. The van der Waals surface area contributed by atoms with Gasteiger partial charge in [0.15, 0.2) is 0 Å². The molecule has 0 bridgehead atoms. The number of hydrogen-bond donors (Lipinski definition) is 1. The Kier molecular flexibility index (Phi) is 5.70. The molecule has 0 saturated carbocycles. The number of nitrogens with zero attached hydrogens (tertiary/aromatic N) is 2. The van der Waals surface area contributed by atoms with Gasteiger partial charge in [-0.25, -0.2) is 4.98 Å². The van der Waals surface area contributed by atoms with E-state index in [2.05, 4.69) is 11.1 Å². The second-order valence-corrected chi connectivity index (χ2v) is 6.46. The summed E-state index contributed by atoms with van der Waals surface area (Å²) in [7, 11) is 1.63. The summed E-state index contributed by atoms with van der Waals surface area (Å²) in [5.41, 5.74) is 4.49. The number of nitriles is 1. The topological polar surface area (TPSA) is 75.4 Å². The maximum atomic E-state index is 10.2. The van der Waals surface area contributed by atoms with Crippen LogP contribution in [0.25, 0.3) is 22.0 Å². The van der Waals surface area contributed by atoms with Crippen LogP contribution in [0, 0.1) is 18.3 Å². The number of aryl methyl sites for hydroxylation is 1. The average molecular weight is 362 g/mol. The van der Waals surface area contributed by atoms with E-state index in [9.17, 15) is 10.4 Å². The maximum absolute atomic E-state index is 10.2. The zero-order valence-corrected chi connectivity index (χ0v) is 15.7. The minimum Gasteiger partial charge on any atom is -0.491 e. The summed E-state index contributed by atoms with van der Waals surface area (Å²) < 4.78 is 10.6. The molecule has 0 spiro atoms. The molecule has 3 aromatic rings. The van der Waals surface area contributed by atoms with Crippen LogP contribution in [0.3, 0.4) is 0 Å². The lowest BCUT2D eigenvalue weighted by atomic mass is 9.96. The van der Waals surface area contributed by atoms with E-state index in [1.54, 1.807) is 14.0 Å². The van der Waals surface area contributed by atoms with Gasteiger partial charge in [-0.2, -0.15) is 5.26 Å². The van der Waals surface area contributed by atoms with Crippen molar-refractivity contribution in [2.24, 2.45) is 0 Å². The van der Waals surface area contributed by atoms with Crippen LogP contribution < -0.4 is 4.74 Å². The predicted octanol–water partition coefficient (Wildman–Crippen LogP) is 4.16. The summed E-state index contributed by atoms with van der Waals surface area (Å²) in [5, 5.41) is 20.6. The van der Waals surface area contributed by atoms with E-state index >= 15 is 0 Å². The predicted molar refractivity (Wildman–Crippen MR) is 105 cm³/mol. The molecule has 1 N–H and O–H groups in total. The van der Waals surface area contributed by atoms with E-state index in [1.807, 2.05) is 49.4 Å². The fourth-order valence-corrected chi connectivity index (χ4v) is 3.07. The van der Waals surface area contributed by atoms with Crippen LogP contribution >= 0.6 is 0 Å². The van der Waals surface area contributed by atoms with Gasteiger partial charge in [0.25, 0.3) is 0 Å². The molecule has 5 nitrogen and oxygen atoms in total. The van der Waals surface area contributed by atoms with Gasteiger partial charge in [0.2, 0.25) is 0 Å². The van der Waals surface area contributed by atoms with Gasteiger partial charge in [-0.3, -0.25) is 0 Å². The van der Waals surface area contributed by atoms with Crippen molar-refractivity contribution in [2.75, 3.05) is 20.3 Å². The van der Waals surface area contributed by atoms with Crippen molar-refractivity contribution in [3.8, 4) is 22.9 Å². The van der Waals surface area contributed by atoms with E-state index in [0.29, 0.717) is 24.4 Å². The van der Waals surface area contributed by atoms with Crippen LogP contribution in [-0.4, -0.2) is 30.4 Å². The van der Waals surface area contributed by atoms with Crippen molar-refractivity contribution >= 4 is 10.9 Å².